The summed E-state index contributed by atoms with van der Waals surface area (Å²) in [4.78, 5) is 73.8. The summed E-state index contributed by atoms with van der Waals surface area (Å²) in [5.74, 6) is -4.73. The van der Waals surface area contributed by atoms with Crippen LogP contribution in [0.1, 0.15) is 0 Å². The first-order chi connectivity index (χ1) is 16.5. The average molecular weight is 498 g/mol. The van der Waals surface area contributed by atoms with E-state index < -0.39 is 42.2 Å². The Balaban J connectivity index is 2.07. The van der Waals surface area contributed by atoms with Crippen LogP contribution in [-0.4, -0.2) is 154 Å². The molecule has 0 unspecified atom stereocenters. The van der Waals surface area contributed by atoms with E-state index in [-0.39, 0.29) is 72.0 Å². The van der Waals surface area contributed by atoms with Crippen LogP contribution in [0.15, 0.2) is 12.2 Å². The highest BCUT2D eigenvalue weighted by Crippen LogP contribution is 2.05. The van der Waals surface area contributed by atoms with Crippen molar-refractivity contribution in [3.8, 4) is 0 Å². The molecule has 0 aromatic rings. The second-order valence-corrected chi connectivity index (χ2v) is 8.02. The maximum absolute atomic E-state index is 12.6. The number of carbonyl (C=O) groups excluding carboxylic acids is 3. The number of hydrogen-bond donors (Lipinski definition) is 4. The Morgan fingerprint density at radius 2 is 1.11 bits per heavy atom. The molecule has 0 spiro atoms. The summed E-state index contributed by atoms with van der Waals surface area (Å²) >= 11 is 0. The summed E-state index contributed by atoms with van der Waals surface area (Å²) in [5.41, 5.74) is 0. The lowest BCUT2D eigenvalue weighted by atomic mass is 10.3. The number of carbonyl (C=O) groups is 6. The Bertz CT molecular complexity index is 846. The number of carboxylic acids is 3. The van der Waals surface area contributed by atoms with Crippen molar-refractivity contribution in [2.24, 2.45) is 0 Å². The summed E-state index contributed by atoms with van der Waals surface area (Å²) in [6, 6.07) is 0. The minimum atomic E-state index is -1.15. The minimum absolute atomic E-state index is 0.00227. The van der Waals surface area contributed by atoms with E-state index in [4.69, 9.17) is 0 Å². The molecule has 2 rings (SSSR count). The third-order valence-corrected chi connectivity index (χ3v) is 5.40. The van der Waals surface area contributed by atoms with Crippen LogP contribution < -0.4 is 5.32 Å². The van der Waals surface area contributed by atoms with E-state index in [1.165, 1.54) is 10.0 Å². The molecular formula is C20H30N6O9. The lowest BCUT2D eigenvalue weighted by Crippen LogP contribution is -2.56. The van der Waals surface area contributed by atoms with E-state index in [0.717, 1.165) is 17.1 Å². The molecule has 2 aliphatic heterocycles. The molecule has 0 aliphatic carbocycles. The van der Waals surface area contributed by atoms with Gasteiger partial charge < -0.3 is 20.6 Å². The van der Waals surface area contributed by atoms with Crippen molar-refractivity contribution in [1.82, 2.24) is 30.0 Å². The van der Waals surface area contributed by atoms with Gasteiger partial charge in [0, 0.05) is 64.5 Å². The van der Waals surface area contributed by atoms with Crippen molar-refractivity contribution < 1.29 is 44.1 Å². The number of rotatable bonds is 11. The van der Waals surface area contributed by atoms with Crippen LogP contribution in [0.2, 0.25) is 0 Å². The number of carboxylic acid groups (broad SMARTS) is 3. The SMILES string of the molecule is O=C(O)CN1CCN(CC(=O)O)CCN(CC(=O)NCCN2C(=O)C=CC2=O)N(CC(=O)O)CC1. The van der Waals surface area contributed by atoms with Gasteiger partial charge in [0.2, 0.25) is 5.91 Å². The van der Waals surface area contributed by atoms with Crippen LogP contribution in [0.4, 0.5) is 0 Å². The predicted molar refractivity (Wildman–Crippen MR) is 118 cm³/mol. The second kappa shape index (κ2) is 13.5. The molecule has 35 heavy (non-hydrogen) atoms. The van der Waals surface area contributed by atoms with Gasteiger partial charge in [-0.2, -0.15) is 0 Å². The van der Waals surface area contributed by atoms with Gasteiger partial charge in [-0.1, -0.05) is 0 Å². The number of nitrogens with one attached hydrogen (secondary N) is 1. The van der Waals surface area contributed by atoms with Gasteiger partial charge in [-0.05, 0) is 0 Å². The smallest absolute Gasteiger partial charge is 0.319 e. The first-order valence-electron chi connectivity index (χ1n) is 10.9. The Hall–Kier alpha value is -3.40. The molecule has 0 bridgehead atoms. The van der Waals surface area contributed by atoms with Crippen LogP contribution >= 0.6 is 0 Å². The lowest BCUT2D eigenvalue weighted by molar-refractivity contribution is -0.149. The van der Waals surface area contributed by atoms with Crippen LogP contribution in [0, 0.1) is 0 Å². The van der Waals surface area contributed by atoms with E-state index in [2.05, 4.69) is 5.32 Å². The zero-order valence-corrected chi connectivity index (χ0v) is 19.2. The third-order valence-electron chi connectivity index (χ3n) is 5.40. The molecule has 0 saturated carbocycles. The van der Waals surface area contributed by atoms with Gasteiger partial charge in [0.1, 0.15) is 6.54 Å². The maximum Gasteiger partial charge on any atom is 0.319 e. The van der Waals surface area contributed by atoms with Crippen molar-refractivity contribution in [2.45, 2.75) is 0 Å². The molecule has 0 aromatic carbocycles. The van der Waals surface area contributed by atoms with E-state index in [1.54, 1.807) is 9.80 Å². The van der Waals surface area contributed by atoms with Crippen molar-refractivity contribution in [2.75, 3.05) is 78.5 Å². The molecule has 15 nitrogen and oxygen atoms in total. The van der Waals surface area contributed by atoms with E-state index >= 15 is 0 Å². The van der Waals surface area contributed by atoms with Gasteiger partial charge in [0.25, 0.3) is 11.8 Å². The topological polar surface area (TPSA) is 191 Å². The number of imide groups is 1. The first kappa shape index (κ1) is 27.8. The highest BCUT2D eigenvalue weighted by molar-refractivity contribution is 6.12. The summed E-state index contributed by atoms with van der Waals surface area (Å²) in [6.07, 6.45) is 2.27. The molecular weight excluding hydrogens is 468 g/mol. The Morgan fingerprint density at radius 3 is 1.57 bits per heavy atom. The van der Waals surface area contributed by atoms with E-state index in [0.29, 0.717) is 0 Å². The zero-order chi connectivity index (χ0) is 26.0. The molecule has 1 saturated heterocycles. The lowest BCUT2D eigenvalue weighted by Gasteiger charge is -2.38. The van der Waals surface area contributed by atoms with Crippen LogP contribution in [0.25, 0.3) is 0 Å². The fraction of sp³-hybridized carbons (Fsp3) is 0.600. The first-order valence-corrected chi connectivity index (χ1v) is 10.9. The monoisotopic (exact) mass is 498 g/mol. The van der Waals surface area contributed by atoms with Gasteiger partial charge >= 0.3 is 17.9 Å². The number of nitrogens with zero attached hydrogens (tertiary/aromatic N) is 5. The van der Waals surface area contributed by atoms with Crippen molar-refractivity contribution in [1.29, 1.82) is 0 Å². The van der Waals surface area contributed by atoms with E-state index in [9.17, 15) is 44.1 Å². The number of hydrogen-bond acceptors (Lipinski definition) is 10. The van der Waals surface area contributed by atoms with Gasteiger partial charge in [0.15, 0.2) is 0 Å². The van der Waals surface area contributed by atoms with Gasteiger partial charge in [-0.15, -0.1) is 0 Å². The Labute approximate surface area is 201 Å². The molecule has 15 heteroatoms. The molecule has 0 atom stereocenters. The summed E-state index contributed by atoms with van der Waals surface area (Å²) in [5, 5.41) is 33.2. The van der Waals surface area contributed by atoms with Crippen LogP contribution in [-0.2, 0) is 28.8 Å². The largest absolute Gasteiger partial charge is 0.480 e. The molecule has 3 amide bonds. The fourth-order valence-corrected chi connectivity index (χ4v) is 3.70. The molecule has 2 heterocycles. The van der Waals surface area contributed by atoms with Crippen LogP contribution in [0.5, 0.6) is 0 Å². The van der Waals surface area contributed by atoms with Gasteiger partial charge in [-0.3, -0.25) is 43.5 Å². The molecule has 0 aromatic heterocycles. The Kier molecular flexibility index (Phi) is 10.7. The number of amides is 3. The summed E-state index contributed by atoms with van der Waals surface area (Å²) in [6.45, 7) is -0.0971. The van der Waals surface area contributed by atoms with E-state index in [1.807, 2.05) is 0 Å². The molecule has 194 valence electrons. The molecule has 0 radical (unpaired) electrons. The molecule has 1 fully saturated rings. The minimum Gasteiger partial charge on any atom is -0.480 e. The normalized spacial score (nSPS) is 19.1. The average Bonchev–Trinajstić information content (AvgIpc) is 3.07. The summed E-state index contributed by atoms with van der Waals surface area (Å²) < 4.78 is 0. The van der Waals surface area contributed by atoms with Gasteiger partial charge in [-0.25, -0.2) is 10.0 Å². The van der Waals surface area contributed by atoms with Crippen molar-refractivity contribution >= 4 is 35.6 Å². The predicted octanol–water partition coefficient (Wildman–Crippen LogP) is -3.58. The quantitative estimate of drug-likeness (QED) is 0.205. The maximum atomic E-state index is 12.6. The van der Waals surface area contributed by atoms with Crippen molar-refractivity contribution in [3.63, 3.8) is 0 Å². The zero-order valence-electron chi connectivity index (χ0n) is 19.2. The van der Waals surface area contributed by atoms with Crippen LogP contribution in [0.3, 0.4) is 0 Å². The summed E-state index contributed by atoms with van der Waals surface area (Å²) in [7, 11) is 0. The highest BCUT2D eigenvalue weighted by Gasteiger charge is 2.26. The number of aliphatic carboxylic acids is 3. The Morgan fingerprint density at radius 1 is 0.686 bits per heavy atom. The highest BCUT2D eigenvalue weighted by atomic mass is 16.4. The van der Waals surface area contributed by atoms with Gasteiger partial charge in [0.05, 0.1) is 19.6 Å². The third kappa shape index (κ3) is 9.78. The number of hydrazine groups is 1. The fourth-order valence-electron chi connectivity index (χ4n) is 3.70. The van der Waals surface area contributed by atoms with Crippen molar-refractivity contribution in [3.05, 3.63) is 12.2 Å². The second-order valence-electron chi connectivity index (χ2n) is 8.02. The molecule has 2 aliphatic rings. The molecule has 4 N–H and O–H groups in total. The standard InChI is InChI=1S/C20H30N6O9/c27-15(21-3-4-26-16(28)1-2-17(26)29)11-24-9-7-22(12-18(30)31)5-6-23(13-19(32)33)8-10-25(24)14-20(34)35/h1-2H,3-14H2,(H,21,27)(H,30,31)(H,32,33)(H,34,35).